The summed E-state index contributed by atoms with van der Waals surface area (Å²) in [5.74, 6) is -0.481. The lowest BCUT2D eigenvalue weighted by Gasteiger charge is -2.01. The van der Waals surface area contributed by atoms with Gasteiger partial charge in [0.2, 0.25) is 0 Å². The molecule has 3 aromatic heterocycles. The van der Waals surface area contributed by atoms with Gasteiger partial charge in [-0.1, -0.05) is 30.3 Å². The van der Waals surface area contributed by atoms with Crippen LogP contribution in [0.3, 0.4) is 0 Å². The molecule has 0 bridgehead atoms. The highest BCUT2D eigenvalue weighted by Gasteiger charge is 2.17. The number of carbonyl (C=O) groups excluding carboxylic acids is 1. The van der Waals surface area contributed by atoms with E-state index in [0.717, 1.165) is 28.0 Å². The van der Waals surface area contributed by atoms with E-state index in [1.807, 2.05) is 36.4 Å². The van der Waals surface area contributed by atoms with E-state index in [2.05, 4.69) is 19.9 Å². The first-order valence-corrected chi connectivity index (χ1v) is 7.11. The summed E-state index contributed by atoms with van der Waals surface area (Å²) in [4.78, 5) is 26.7. The number of nitrogens with one attached hydrogen (secondary N) is 2. The largest absolute Gasteiger partial charge is 0.366 e. The van der Waals surface area contributed by atoms with E-state index in [0.29, 0.717) is 11.3 Å². The predicted molar refractivity (Wildman–Crippen MR) is 87.6 cm³/mol. The standard InChI is InChI=1S/C17H13N5O/c18-16(23)12-8-13(22-14(12)10-4-2-1-3-5-10)15-11-6-7-19-17(11)21-9-20-15/h1-9,22H,(H2,18,23)(H,19,20,21). The average Bonchev–Trinajstić information content (AvgIpc) is 3.22. The van der Waals surface area contributed by atoms with Crippen LogP contribution >= 0.6 is 0 Å². The highest BCUT2D eigenvalue weighted by atomic mass is 16.1. The number of primary amides is 1. The number of nitrogens with zero attached hydrogens (tertiary/aromatic N) is 2. The zero-order chi connectivity index (χ0) is 15.8. The Morgan fingerprint density at radius 2 is 1.91 bits per heavy atom. The molecular weight excluding hydrogens is 290 g/mol. The molecule has 4 aromatic rings. The number of nitrogens with two attached hydrogens (primary N) is 1. The maximum Gasteiger partial charge on any atom is 0.250 e. The molecular formula is C17H13N5O. The molecule has 3 heterocycles. The van der Waals surface area contributed by atoms with Crippen LogP contribution in [0.1, 0.15) is 10.4 Å². The van der Waals surface area contributed by atoms with Crippen LogP contribution in [0.4, 0.5) is 0 Å². The van der Waals surface area contributed by atoms with Crippen LogP contribution in [-0.4, -0.2) is 25.8 Å². The first kappa shape index (κ1) is 13.3. The van der Waals surface area contributed by atoms with E-state index in [1.165, 1.54) is 6.33 Å². The number of H-pyrrole nitrogens is 2. The van der Waals surface area contributed by atoms with Gasteiger partial charge in [0, 0.05) is 11.6 Å². The quantitative estimate of drug-likeness (QED) is 0.542. The van der Waals surface area contributed by atoms with Crippen molar-refractivity contribution in [1.29, 1.82) is 0 Å². The van der Waals surface area contributed by atoms with E-state index in [4.69, 9.17) is 5.73 Å². The SMILES string of the molecule is NC(=O)c1cc(-c2ncnc3[nH]ccc23)[nH]c1-c1ccccc1. The van der Waals surface area contributed by atoms with Gasteiger partial charge in [0.15, 0.2) is 0 Å². The molecule has 6 nitrogen and oxygen atoms in total. The number of amides is 1. The normalized spacial score (nSPS) is 11.0. The van der Waals surface area contributed by atoms with Gasteiger partial charge < -0.3 is 15.7 Å². The number of hydrogen-bond acceptors (Lipinski definition) is 3. The number of hydrogen-bond donors (Lipinski definition) is 3. The Morgan fingerprint density at radius 1 is 1.09 bits per heavy atom. The molecule has 0 saturated carbocycles. The molecule has 0 unspecified atom stereocenters. The molecule has 23 heavy (non-hydrogen) atoms. The van der Waals surface area contributed by atoms with Crippen LogP contribution in [0.5, 0.6) is 0 Å². The van der Waals surface area contributed by atoms with E-state index in [1.54, 1.807) is 12.3 Å². The first-order chi connectivity index (χ1) is 11.2. The summed E-state index contributed by atoms with van der Waals surface area (Å²) >= 11 is 0. The summed E-state index contributed by atoms with van der Waals surface area (Å²) in [6, 6.07) is 13.2. The van der Waals surface area contributed by atoms with Gasteiger partial charge >= 0.3 is 0 Å². The van der Waals surface area contributed by atoms with Crippen LogP contribution in [0.25, 0.3) is 33.7 Å². The second kappa shape index (κ2) is 5.10. The van der Waals surface area contributed by atoms with E-state index in [-0.39, 0.29) is 0 Å². The van der Waals surface area contributed by atoms with Gasteiger partial charge in [0.1, 0.15) is 12.0 Å². The van der Waals surface area contributed by atoms with E-state index >= 15 is 0 Å². The lowest BCUT2D eigenvalue weighted by Crippen LogP contribution is -2.10. The van der Waals surface area contributed by atoms with Gasteiger partial charge in [-0.3, -0.25) is 4.79 Å². The van der Waals surface area contributed by atoms with Gasteiger partial charge in [-0.05, 0) is 17.7 Å². The Balaban J connectivity index is 1.94. The van der Waals surface area contributed by atoms with Crippen LogP contribution in [0.15, 0.2) is 55.0 Å². The fraction of sp³-hybridized carbons (Fsp3) is 0. The van der Waals surface area contributed by atoms with Gasteiger partial charge in [0.25, 0.3) is 5.91 Å². The Bertz CT molecular complexity index is 1000. The Morgan fingerprint density at radius 3 is 2.70 bits per heavy atom. The van der Waals surface area contributed by atoms with E-state index < -0.39 is 5.91 Å². The summed E-state index contributed by atoms with van der Waals surface area (Å²) in [5, 5.41) is 0.879. The molecule has 0 spiro atoms. The van der Waals surface area contributed by atoms with Crippen LogP contribution < -0.4 is 5.73 Å². The lowest BCUT2D eigenvalue weighted by atomic mass is 10.1. The predicted octanol–water partition coefficient (Wildman–Crippen LogP) is 2.72. The highest BCUT2D eigenvalue weighted by Crippen LogP contribution is 2.30. The van der Waals surface area contributed by atoms with Crippen molar-refractivity contribution in [1.82, 2.24) is 19.9 Å². The van der Waals surface area contributed by atoms with Crippen molar-refractivity contribution in [2.45, 2.75) is 0 Å². The third-order valence-electron chi connectivity index (χ3n) is 3.75. The summed E-state index contributed by atoms with van der Waals surface area (Å²) in [5.41, 5.74) is 9.75. The monoisotopic (exact) mass is 303 g/mol. The van der Waals surface area contributed by atoms with Gasteiger partial charge in [0.05, 0.1) is 22.6 Å². The molecule has 1 aromatic carbocycles. The minimum absolute atomic E-state index is 0.438. The fourth-order valence-electron chi connectivity index (χ4n) is 2.70. The molecule has 0 atom stereocenters. The minimum Gasteiger partial charge on any atom is -0.366 e. The molecule has 0 aliphatic heterocycles. The number of rotatable bonds is 3. The van der Waals surface area contributed by atoms with Crippen LogP contribution in [0, 0.1) is 0 Å². The van der Waals surface area contributed by atoms with Crippen molar-refractivity contribution in [2.24, 2.45) is 5.73 Å². The topological polar surface area (TPSA) is 100 Å². The third kappa shape index (κ3) is 2.17. The molecule has 0 aliphatic carbocycles. The van der Waals surface area contributed by atoms with Crippen molar-refractivity contribution in [3.8, 4) is 22.6 Å². The fourth-order valence-corrected chi connectivity index (χ4v) is 2.70. The maximum absolute atomic E-state index is 11.8. The summed E-state index contributed by atoms with van der Waals surface area (Å²) < 4.78 is 0. The molecule has 1 amide bonds. The summed E-state index contributed by atoms with van der Waals surface area (Å²) in [6.45, 7) is 0. The van der Waals surface area contributed by atoms with E-state index in [9.17, 15) is 4.79 Å². The Labute approximate surface area is 131 Å². The second-order valence-corrected chi connectivity index (χ2v) is 5.16. The van der Waals surface area contributed by atoms with Crippen molar-refractivity contribution in [3.63, 3.8) is 0 Å². The number of benzene rings is 1. The highest BCUT2D eigenvalue weighted by molar-refractivity contribution is 6.02. The smallest absolute Gasteiger partial charge is 0.250 e. The molecule has 6 heteroatoms. The van der Waals surface area contributed by atoms with Crippen molar-refractivity contribution in [3.05, 3.63) is 60.6 Å². The van der Waals surface area contributed by atoms with Crippen molar-refractivity contribution < 1.29 is 4.79 Å². The lowest BCUT2D eigenvalue weighted by molar-refractivity contribution is 0.100. The van der Waals surface area contributed by atoms with Crippen LogP contribution in [0.2, 0.25) is 0 Å². The molecule has 0 aliphatic rings. The maximum atomic E-state index is 11.8. The summed E-state index contributed by atoms with van der Waals surface area (Å²) in [7, 11) is 0. The zero-order valence-corrected chi connectivity index (χ0v) is 12.1. The molecule has 0 radical (unpaired) electrons. The third-order valence-corrected chi connectivity index (χ3v) is 3.75. The first-order valence-electron chi connectivity index (χ1n) is 7.11. The Hall–Kier alpha value is -3.41. The van der Waals surface area contributed by atoms with Gasteiger partial charge in [-0.15, -0.1) is 0 Å². The molecule has 112 valence electrons. The second-order valence-electron chi connectivity index (χ2n) is 5.16. The van der Waals surface area contributed by atoms with Crippen molar-refractivity contribution in [2.75, 3.05) is 0 Å². The van der Waals surface area contributed by atoms with Gasteiger partial charge in [-0.2, -0.15) is 0 Å². The zero-order valence-electron chi connectivity index (χ0n) is 12.1. The number of carbonyl (C=O) groups is 1. The number of aromatic nitrogens is 4. The Kier molecular flexibility index (Phi) is 2.94. The van der Waals surface area contributed by atoms with Gasteiger partial charge in [-0.25, -0.2) is 9.97 Å². The van der Waals surface area contributed by atoms with Crippen LogP contribution in [-0.2, 0) is 0 Å². The number of fused-ring (bicyclic) bond motifs is 1. The molecule has 4 rings (SSSR count). The summed E-state index contributed by atoms with van der Waals surface area (Å²) in [6.07, 6.45) is 3.29. The average molecular weight is 303 g/mol. The molecule has 0 saturated heterocycles. The minimum atomic E-state index is -0.481. The molecule has 4 N–H and O–H groups in total. The van der Waals surface area contributed by atoms with Crippen molar-refractivity contribution >= 4 is 16.9 Å². The molecule has 0 fully saturated rings. The number of aromatic amines is 2.